The molecule has 1 N–H and O–H groups in total. The molecule has 0 saturated carbocycles. The zero-order valence-corrected chi connectivity index (χ0v) is 24.7. The maximum absolute atomic E-state index is 12.0. The lowest BCUT2D eigenvalue weighted by Crippen LogP contribution is -2.28. The molecular weight excluding hydrogens is 476 g/mol. The fraction of sp³-hybridized carbons (Fsp3) is 0.758. The van der Waals surface area contributed by atoms with Crippen molar-refractivity contribution < 1.29 is 24.2 Å². The van der Waals surface area contributed by atoms with Gasteiger partial charge in [-0.3, -0.25) is 9.59 Å². The van der Waals surface area contributed by atoms with Crippen molar-refractivity contribution in [2.24, 2.45) is 0 Å². The quantitative estimate of drug-likeness (QED) is 0.0647. The number of aliphatic hydroxyl groups excluding tert-OH is 1. The summed E-state index contributed by atoms with van der Waals surface area (Å²) in [6.07, 6.45) is 33.4. The van der Waals surface area contributed by atoms with Crippen LogP contribution in [0.2, 0.25) is 0 Å². The molecule has 1 atom stereocenters. The number of unbranched alkanes of at least 4 members (excludes halogenated alkanes) is 15. The van der Waals surface area contributed by atoms with Crippen LogP contribution in [0.4, 0.5) is 0 Å². The molecule has 0 rings (SSSR count). The van der Waals surface area contributed by atoms with E-state index in [-0.39, 0.29) is 25.2 Å². The predicted octanol–water partition coefficient (Wildman–Crippen LogP) is 8.94. The first kappa shape index (κ1) is 36.1. The van der Waals surface area contributed by atoms with Crippen LogP contribution < -0.4 is 0 Å². The highest BCUT2D eigenvalue weighted by Crippen LogP contribution is 2.13. The number of carbonyl (C=O) groups is 2. The molecule has 0 spiro atoms. The van der Waals surface area contributed by atoms with Crippen molar-refractivity contribution in [2.75, 3.05) is 13.2 Å². The van der Waals surface area contributed by atoms with Crippen molar-refractivity contribution in [2.45, 2.75) is 148 Å². The van der Waals surface area contributed by atoms with Gasteiger partial charge >= 0.3 is 11.9 Å². The molecule has 0 aliphatic carbocycles. The topological polar surface area (TPSA) is 72.8 Å². The molecule has 0 aromatic heterocycles. The number of hydrogen-bond donors (Lipinski definition) is 1. The smallest absolute Gasteiger partial charge is 0.306 e. The summed E-state index contributed by atoms with van der Waals surface area (Å²) < 4.78 is 10.5. The van der Waals surface area contributed by atoms with E-state index in [0.717, 1.165) is 64.2 Å². The van der Waals surface area contributed by atoms with E-state index in [9.17, 15) is 14.7 Å². The Kier molecular flexibility index (Phi) is 28.2. The minimum Gasteiger partial charge on any atom is -0.462 e. The van der Waals surface area contributed by atoms with Crippen LogP contribution in [0.3, 0.4) is 0 Å². The summed E-state index contributed by atoms with van der Waals surface area (Å²) in [5, 5.41) is 9.47. The van der Waals surface area contributed by atoms with Gasteiger partial charge in [0.15, 0.2) is 6.10 Å². The molecule has 220 valence electrons. The third-order valence-electron chi connectivity index (χ3n) is 6.51. The summed E-state index contributed by atoms with van der Waals surface area (Å²) in [7, 11) is 0. The summed E-state index contributed by atoms with van der Waals surface area (Å²) in [5.74, 6) is -0.619. The van der Waals surface area contributed by atoms with Gasteiger partial charge in [0, 0.05) is 12.8 Å². The van der Waals surface area contributed by atoms with Gasteiger partial charge in [0.25, 0.3) is 0 Å². The van der Waals surface area contributed by atoms with Crippen molar-refractivity contribution in [3.63, 3.8) is 0 Å². The molecule has 5 nitrogen and oxygen atoms in total. The Bertz CT molecular complexity index is 623. The Morgan fingerprint density at radius 2 is 1.13 bits per heavy atom. The van der Waals surface area contributed by atoms with E-state index >= 15 is 0 Å². The van der Waals surface area contributed by atoms with E-state index in [0.29, 0.717) is 12.8 Å². The van der Waals surface area contributed by atoms with E-state index in [4.69, 9.17) is 9.47 Å². The highest BCUT2D eigenvalue weighted by atomic mass is 16.6. The standard InChI is InChI=1S/C33H58O5/c1-3-5-7-9-11-13-15-16-18-19-21-23-25-27-32(35)37-30-31(29-34)38-33(36)28-26-24-22-20-17-14-12-10-8-6-4-2/h5,7,9,11,13,15,31,34H,3-4,6,8,10,12,14,16-30H2,1-2H3/b7-5+,11-9+,15-13+. The van der Waals surface area contributed by atoms with Gasteiger partial charge in [-0.1, -0.05) is 134 Å². The minimum atomic E-state index is -0.773. The van der Waals surface area contributed by atoms with Crippen LogP contribution in [-0.2, 0) is 19.1 Å². The van der Waals surface area contributed by atoms with Crippen molar-refractivity contribution in [1.29, 1.82) is 0 Å². The molecule has 0 heterocycles. The highest BCUT2D eigenvalue weighted by molar-refractivity contribution is 5.70. The lowest BCUT2D eigenvalue weighted by Gasteiger charge is -2.15. The van der Waals surface area contributed by atoms with Crippen LogP contribution >= 0.6 is 0 Å². The van der Waals surface area contributed by atoms with Gasteiger partial charge < -0.3 is 14.6 Å². The molecule has 0 aromatic rings. The summed E-state index contributed by atoms with van der Waals surface area (Å²) in [6.45, 7) is 3.95. The Morgan fingerprint density at radius 1 is 0.632 bits per heavy atom. The van der Waals surface area contributed by atoms with Gasteiger partial charge in [-0.25, -0.2) is 0 Å². The molecule has 0 aliphatic heterocycles. The largest absolute Gasteiger partial charge is 0.462 e. The van der Waals surface area contributed by atoms with Crippen LogP contribution in [0.1, 0.15) is 142 Å². The molecule has 1 unspecified atom stereocenters. The lowest BCUT2D eigenvalue weighted by atomic mass is 10.1. The monoisotopic (exact) mass is 534 g/mol. The zero-order valence-electron chi connectivity index (χ0n) is 24.7. The van der Waals surface area contributed by atoms with Crippen LogP contribution in [0.5, 0.6) is 0 Å². The fourth-order valence-corrected chi connectivity index (χ4v) is 4.14. The van der Waals surface area contributed by atoms with E-state index in [2.05, 4.69) is 44.2 Å². The van der Waals surface area contributed by atoms with Gasteiger partial charge in [-0.15, -0.1) is 0 Å². The Labute approximate surface area is 234 Å². The fourth-order valence-electron chi connectivity index (χ4n) is 4.14. The average Bonchev–Trinajstić information content (AvgIpc) is 2.92. The molecule has 0 aromatic carbocycles. The van der Waals surface area contributed by atoms with Crippen LogP contribution in [0.15, 0.2) is 36.5 Å². The second-order valence-electron chi connectivity index (χ2n) is 10.2. The number of esters is 2. The summed E-state index contributed by atoms with van der Waals surface area (Å²) in [6, 6.07) is 0. The third-order valence-corrected chi connectivity index (χ3v) is 6.51. The van der Waals surface area contributed by atoms with Crippen LogP contribution in [0, 0.1) is 0 Å². The van der Waals surface area contributed by atoms with E-state index in [1.54, 1.807) is 0 Å². The normalized spacial score (nSPS) is 12.6. The molecular formula is C33H58O5. The van der Waals surface area contributed by atoms with E-state index in [1.807, 2.05) is 6.08 Å². The highest BCUT2D eigenvalue weighted by Gasteiger charge is 2.16. The van der Waals surface area contributed by atoms with Gasteiger partial charge in [0.2, 0.25) is 0 Å². The van der Waals surface area contributed by atoms with Crippen molar-refractivity contribution >= 4 is 11.9 Å². The lowest BCUT2D eigenvalue weighted by molar-refractivity contribution is -0.161. The number of allylic oxidation sites excluding steroid dienone is 6. The van der Waals surface area contributed by atoms with Gasteiger partial charge in [0.05, 0.1) is 6.61 Å². The second kappa shape index (κ2) is 29.7. The molecule has 5 heteroatoms. The third kappa shape index (κ3) is 27.2. The Balaban J connectivity index is 3.64. The first-order valence-electron chi connectivity index (χ1n) is 15.6. The van der Waals surface area contributed by atoms with Gasteiger partial charge in [-0.2, -0.15) is 0 Å². The van der Waals surface area contributed by atoms with Crippen molar-refractivity contribution in [3.8, 4) is 0 Å². The summed E-state index contributed by atoms with van der Waals surface area (Å²) >= 11 is 0. The van der Waals surface area contributed by atoms with Crippen LogP contribution in [-0.4, -0.2) is 36.4 Å². The molecule has 38 heavy (non-hydrogen) atoms. The summed E-state index contributed by atoms with van der Waals surface area (Å²) in [5.41, 5.74) is 0. The minimum absolute atomic E-state index is 0.0751. The molecule has 0 aliphatic rings. The number of hydrogen-bond acceptors (Lipinski definition) is 5. The SMILES string of the molecule is CC/C=C/C=C/C=C/CCCCCCCC(=O)OCC(CO)OC(=O)CCCCCCCCCCCCC. The first-order valence-corrected chi connectivity index (χ1v) is 15.6. The maximum Gasteiger partial charge on any atom is 0.306 e. The summed E-state index contributed by atoms with van der Waals surface area (Å²) in [4.78, 5) is 24.0. The zero-order chi connectivity index (χ0) is 27.9. The predicted molar refractivity (Wildman–Crippen MR) is 159 cm³/mol. The number of carbonyl (C=O) groups excluding carboxylic acids is 2. The molecule has 0 radical (unpaired) electrons. The first-order chi connectivity index (χ1) is 18.6. The maximum atomic E-state index is 12.0. The molecule has 0 bridgehead atoms. The van der Waals surface area contributed by atoms with E-state index < -0.39 is 6.10 Å². The Hall–Kier alpha value is -1.88. The van der Waals surface area contributed by atoms with Crippen LogP contribution in [0.25, 0.3) is 0 Å². The Morgan fingerprint density at radius 3 is 1.68 bits per heavy atom. The van der Waals surface area contributed by atoms with E-state index in [1.165, 1.54) is 51.4 Å². The van der Waals surface area contributed by atoms with Gasteiger partial charge in [0.1, 0.15) is 6.61 Å². The number of rotatable bonds is 27. The number of aliphatic hydroxyl groups is 1. The van der Waals surface area contributed by atoms with Crippen molar-refractivity contribution in [3.05, 3.63) is 36.5 Å². The van der Waals surface area contributed by atoms with Crippen molar-refractivity contribution in [1.82, 2.24) is 0 Å². The number of ether oxygens (including phenoxy) is 2. The second-order valence-corrected chi connectivity index (χ2v) is 10.2. The molecule has 0 amide bonds. The molecule has 0 saturated heterocycles. The average molecular weight is 535 g/mol. The van der Waals surface area contributed by atoms with Gasteiger partial charge in [-0.05, 0) is 32.1 Å². The molecule has 0 fully saturated rings.